The molecule has 0 radical (unpaired) electrons. The van der Waals surface area contributed by atoms with Crippen molar-refractivity contribution in [3.05, 3.63) is 39.3 Å². The molecule has 1 aromatic heterocycles. The fourth-order valence-electron chi connectivity index (χ4n) is 1.35. The number of anilines is 2. The SMILES string of the molecule is Nc1nc(C(=O)Nc2ccc(Br)c(C(=O)O)c2)cs1. The Morgan fingerprint density at radius 2 is 2.16 bits per heavy atom. The molecule has 0 aliphatic heterocycles. The molecular weight excluding hydrogens is 334 g/mol. The second kappa shape index (κ2) is 5.37. The molecule has 0 aliphatic carbocycles. The Bertz CT molecular complexity index is 656. The molecule has 0 atom stereocenters. The van der Waals surface area contributed by atoms with Crippen LogP contribution in [0.15, 0.2) is 28.1 Å². The van der Waals surface area contributed by atoms with E-state index >= 15 is 0 Å². The highest BCUT2D eigenvalue weighted by atomic mass is 79.9. The molecule has 0 fully saturated rings. The van der Waals surface area contributed by atoms with Crippen molar-refractivity contribution in [3.8, 4) is 0 Å². The van der Waals surface area contributed by atoms with Crippen LogP contribution in [0.2, 0.25) is 0 Å². The molecule has 0 saturated carbocycles. The number of aromatic carboxylic acids is 1. The molecule has 2 rings (SSSR count). The molecule has 0 spiro atoms. The quantitative estimate of drug-likeness (QED) is 0.795. The van der Waals surface area contributed by atoms with E-state index in [0.29, 0.717) is 15.3 Å². The molecule has 4 N–H and O–H groups in total. The fourth-order valence-corrected chi connectivity index (χ4v) is 2.31. The Morgan fingerprint density at radius 3 is 2.74 bits per heavy atom. The maximum absolute atomic E-state index is 11.8. The summed E-state index contributed by atoms with van der Waals surface area (Å²) in [5, 5.41) is 13.4. The topological polar surface area (TPSA) is 105 Å². The van der Waals surface area contributed by atoms with Crippen molar-refractivity contribution >= 4 is 50.0 Å². The van der Waals surface area contributed by atoms with Crippen LogP contribution in [0, 0.1) is 0 Å². The van der Waals surface area contributed by atoms with Gasteiger partial charge in [0.25, 0.3) is 5.91 Å². The van der Waals surface area contributed by atoms with Gasteiger partial charge < -0.3 is 16.2 Å². The number of carboxylic acids is 1. The Labute approximate surface area is 120 Å². The third-order valence-electron chi connectivity index (χ3n) is 2.21. The van der Waals surface area contributed by atoms with E-state index in [2.05, 4.69) is 26.2 Å². The number of hydrogen-bond donors (Lipinski definition) is 3. The average Bonchev–Trinajstić information content (AvgIpc) is 2.78. The summed E-state index contributed by atoms with van der Waals surface area (Å²) >= 11 is 4.28. The van der Waals surface area contributed by atoms with E-state index in [4.69, 9.17) is 10.8 Å². The summed E-state index contributed by atoms with van der Waals surface area (Å²) < 4.78 is 0.441. The molecule has 6 nitrogen and oxygen atoms in total. The first kappa shape index (κ1) is 13.5. The minimum atomic E-state index is -1.08. The van der Waals surface area contributed by atoms with Crippen molar-refractivity contribution < 1.29 is 14.7 Å². The number of carbonyl (C=O) groups excluding carboxylic acids is 1. The summed E-state index contributed by atoms with van der Waals surface area (Å²) in [5.74, 6) is -1.52. The highest BCUT2D eigenvalue weighted by Crippen LogP contribution is 2.22. The zero-order valence-corrected chi connectivity index (χ0v) is 11.8. The number of benzene rings is 1. The van der Waals surface area contributed by atoms with E-state index in [1.165, 1.54) is 11.4 Å². The number of thiazole rings is 1. The molecule has 2 aromatic rings. The van der Waals surface area contributed by atoms with E-state index < -0.39 is 11.9 Å². The number of nitrogen functional groups attached to an aromatic ring is 1. The summed E-state index contributed by atoms with van der Waals surface area (Å²) in [4.78, 5) is 26.6. The fraction of sp³-hybridized carbons (Fsp3) is 0. The standard InChI is InChI=1S/C11H8BrN3O3S/c12-7-2-1-5(3-6(7)10(17)18)14-9(16)8-4-19-11(13)15-8/h1-4H,(H2,13,15)(H,14,16)(H,17,18). The predicted octanol–water partition coefficient (Wildman–Crippen LogP) is 2.44. The first-order valence-corrected chi connectivity index (χ1v) is 6.70. The van der Waals surface area contributed by atoms with Crippen LogP contribution in [0.4, 0.5) is 10.8 Å². The summed E-state index contributed by atoms with van der Waals surface area (Å²) in [6, 6.07) is 4.50. The van der Waals surface area contributed by atoms with Crippen LogP contribution in [0.3, 0.4) is 0 Å². The lowest BCUT2D eigenvalue weighted by atomic mass is 10.2. The molecule has 0 saturated heterocycles. The van der Waals surface area contributed by atoms with Crippen LogP contribution in [0.5, 0.6) is 0 Å². The van der Waals surface area contributed by atoms with Gasteiger partial charge in [0, 0.05) is 15.5 Å². The number of nitrogens with one attached hydrogen (secondary N) is 1. The first-order valence-electron chi connectivity index (χ1n) is 5.02. The molecule has 8 heteroatoms. The summed E-state index contributed by atoms with van der Waals surface area (Å²) in [6.45, 7) is 0. The van der Waals surface area contributed by atoms with Crippen molar-refractivity contribution in [2.24, 2.45) is 0 Å². The normalized spacial score (nSPS) is 10.2. The molecular formula is C11H8BrN3O3S. The van der Waals surface area contributed by atoms with Crippen molar-refractivity contribution in [3.63, 3.8) is 0 Å². The average molecular weight is 342 g/mol. The predicted molar refractivity (Wildman–Crippen MR) is 75.6 cm³/mol. The molecule has 1 amide bonds. The number of amides is 1. The maximum atomic E-state index is 11.8. The van der Waals surface area contributed by atoms with Gasteiger partial charge >= 0.3 is 5.97 Å². The number of nitrogens with two attached hydrogens (primary N) is 1. The third kappa shape index (κ3) is 3.09. The molecule has 1 aromatic carbocycles. The molecule has 1 heterocycles. The number of nitrogens with zero attached hydrogens (tertiary/aromatic N) is 1. The van der Waals surface area contributed by atoms with Crippen LogP contribution in [0.1, 0.15) is 20.8 Å². The highest BCUT2D eigenvalue weighted by molar-refractivity contribution is 9.10. The number of carboxylic acid groups (broad SMARTS) is 1. The van der Waals surface area contributed by atoms with Crippen LogP contribution in [-0.4, -0.2) is 22.0 Å². The molecule has 0 aliphatic rings. The van der Waals surface area contributed by atoms with Crippen molar-refractivity contribution in [2.45, 2.75) is 0 Å². The third-order valence-corrected chi connectivity index (χ3v) is 3.57. The van der Waals surface area contributed by atoms with Crippen LogP contribution < -0.4 is 11.1 Å². The Balaban J connectivity index is 2.22. The summed E-state index contributed by atoms with van der Waals surface area (Å²) in [5.41, 5.74) is 6.07. The lowest BCUT2D eigenvalue weighted by molar-refractivity contribution is 0.0695. The van der Waals surface area contributed by atoms with E-state index in [1.807, 2.05) is 0 Å². The smallest absolute Gasteiger partial charge is 0.336 e. The lowest BCUT2D eigenvalue weighted by Gasteiger charge is -2.05. The van der Waals surface area contributed by atoms with E-state index in [1.54, 1.807) is 12.1 Å². The minimum absolute atomic E-state index is 0.0654. The summed E-state index contributed by atoms with van der Waals surface area (Å²) in [7, 11) is 0. The molecule has 98 valence electrons. The van der Waals surface area contributed by atoms with E-state index in [-0.39, 0.29) is 11.3 Å². The van der Waals surface area contributed by atoms with Crippen molar-refractivity contribution in [2.75, 3.05) is 11.1 Å². The van der Waals surface area contributed by atoms with Gasteiger partial charge in [-0.05, 0) is 34.1 Å². The molecule has 0 bridgehead atoms. The Kier molecular flexibility index (Phi) is 3.82. The zero-order valence-electron chi connectivity index (χ0n) is 9.38. The lowest BCUT2D eigenvalue weighted by Crippen LogP contribution is -2.13. The van der Waals surface area contributed by atoms with Gasteiger partial charge in [0.05, 0.1) is 5.56 Å². The van der Waals surface area contributed by atoms with Crippen LogP contribution in [-0.2, 0) is 0 Å². The largest absolute Gasteiger partial charge is 0.478 e. The van der Waals surface area contributed by atoms with Gasteiger partial charge in [-0.3, -0.25) is 4.79 Å². The maximum Gasteiger partial charge on any atom is 0.336 e. The number of halogens is 1. The Hall–Kier alpha value is -1.93. The van der Waals surface area contributed by atoms with Crippen molar-refractivity contribution in [1.29, 1.82) is 0 Å². The van der Waals surface area contributed by atoms with Gasteiger partial charge in [0.15, 0.2) is 5.13 Å². The van der Waals surface area contributed by atoms with Crippen LogP contribution >= 0.6 is 27.3 Å². The number of rotatable bonds is 3. The minimum Gasteiger partial charge on any atom is -0.478 e. The van der Waals surface area contributed by atoms with Gasteiger partial charge in [-0.25, -0.2) is 9.78 Å². The van der Waals surface area contributed by atoms with Gasteiger partial charge in [-0.1, -0.05) is 0 Å². The second-order valence-electron chi connectivity index (χ2n) is 3.52. The monoisotopic (exact) mass is 341 g/mol. The number of carbonyl (C=O) groups is 2. The zero-order chi connectivity index (χ0) is 14.0. The Morgan fingerprint density at radius 1 is 1.42 bits per heavy atom. The van der Waals surface area contributed by atoms with E-state index in [0.717, 1.165) is 11.3 Å². The molecule has 19 heavy (non-hydrogen) atoms. The number of aromatic nitrogens is 1. The van der Waals surface area contributed by atoms with Crippen molar-refractivity contribution in [1.82, 2.24) is 4.98 Å². The number of hydrogen-bond acceptors (Lipinski definition) is 5. The highest BCUT2D eigenvalue weighted by Gasteiger charge is 2.13. The summed E-state index contributed by atoms with van der Waals surface area (Å²) in [6.07, 6.45) is 0. The van der Waals surface area contributed by atoms with Gasteiger partial charge in [-0.2, -0.15) is 0 Å². The first-order chi connectivity index (χ1) is 8.97. The van der Waals surface area contributed by atoms with Gasteiger partial charge in [0.1, 0.15) is 5.69 Å². The second-order valence-corrected chi connectivity index (χ2v) is 5.27. The van der Waals surface area contributed by atoms with E-state index in [9.17, 15) is 9.59 Å². The van der Waals surface area contributed by atoms with Gasteiger partial charge in [0.2, 0.25) is 0 Å². The van der Waals surface area contributed by atoms with Crippen LogP contribution in [0.25, 0.3) is 0 Å². The molecule has 0 unspecified atom stereocenters. The van der Waals surface area contributed by atoms with Gasteiger partial charge in [-0.15, -0.1) is 11.3 Å².